The van der Waals surface area contributed by atoms with Gasteiger partial charge in [0.15, 0.2) is 0 Å². The van der Waals surface area contributed by atoms with Crippen LogP contribution in [0.5, 0.6) is 0 Å². The monoisotopic (exact) mass is 353 g/mol. The number of carbonyl (C=O) groups is 2. The van der Waals surface area contributed by atoms with Crippen LogP contribution in [0.3, 0.4) is 0 Å². The summed E-state index contributed by atoms with van der Waals surface area (Å²) in [6.45, 7) is 6.22. The first kappa shape index (κ1) is 17.9. The van der Waals surface area contributed by atoms with E-state index in [1.54, 1.807) is 36.4 Å². The maximum absolute atomic E-state index is 12.9. The quantitative estimate of drug-likeness (QED) is 0.790. The molecule has 0 saturated heterocycles. The van der Waals surface area contributed by atoms with E-state index in [-0.39, 0.29) is 0 Å². The predicted octanol–water partition coefficient (Wildman–Crippen LogP) is 3.03. The van der Waals surface area contributed by atoms with Crippen molar-refractivity contribution in [1.82, 2.24) is 5.32 Å². The van der Waals surface area contributed by atoms with Crippen LogP contribution in [0.4, 0.5) is 16.2 Å². The number of benzene rings is 2. The maximum Gasteiger partial charge on any atom is 0.329 e. The van der Waals surface area contributed by atoms with Gasteiger partial charge in [-0.05, 0) is 49.6 Å². The molecule has 26 heavy (non-hydrogen) atoms. The van der Waals surface area contributed by atoms with Crippen molar-refractivity contribution >= 4 is 23.3 Å². The summed E-state index contributed by atoms with van der Waals surface area (Å²) < 4.78 is 0. The number of urea groups is 1. The summed E-state index contributed by atoms with van der Waals surface area (Å²) in [5.41, 5.74) is 1.11. The number of nitrogens with one attached hydrogen (secondary N) is 2. The number of aliphatic hydroxyl groups is 1. The summed E-state index contributed by atoms with van der Waals surface area (Å²) in [5.74, 6) is -0.625. The maximum atomic E-state index is 12.9. The van der Waals surface area contributed by atoms with Gasteiger partial charge in [-0.15, -0.1) is 0 Å². The Morgan fingerprint density at radius 2 is 1.92 bits per heavy atom. The van der Waals surface area contributed by atoms with Crippen molar-refractivity contribution < 1.29 is 14.7 Å². The summed E-state index contributed by atoms with van der Waals surface area (Å²) in [7, 11) is 0. The number of carbonyl (C=O) groups excluding carboxylic acids is 2. The van der Waals surface area contributed by atoms with Gasteiger partial charge in [-0.2, -0.15) is 0 Å². The van der Waals surface area contributed by atoms with Crippen LogP contribution in [0.25, 0.3) is 0 Å². The summed E-state index contributed by atoms with van der Waals surface area (Å²) in [5, 5.41) is 17.0. The third-order valence-electron chi connectivity index (χ3n) is 4.67. The molecule has 136 valence electrons. The molecule has 0 fully saturated rings. The van der Waals surface area contributed by atoms with Crippen LogP contribution < -0.4 is 15.5 Å². The van der Waals surface area contributed by atoms with Crippen molar-refractivity contribution in [2.75, 3.05) is 16.8 Å². The summed E-state index contributed by atoms with van der Waals surface area (Å²) in [4.78, 5) is 26.9. The molecule has 0 aromatic heterocycles. The van der Waals surface area contributed by atoms with Crippen molar-refractivity contribution in [3.8, 4) is 0 Å². The zero-order valence-corrected chi connectivity index (χ0v) is 15.2. The minimum absolute atomic E-state index is 0.339. The minimum Gasteiger partial charge on any atom is -0.359 e. The molecule has 1 atom stereocenters. The number of hydrogen-bond acceptors (Lipinski definition) is 3. The largest absolute Gasteiger partial charge is 0.359 e. The van der Waals surface area contributed by atoms with Gasteiger partial charge in [0.1, 0.15) is 0 Å². The third-order valence-corrected chi connectivity index (χ3v) is 4.67. The van der Waals surface area contributed by atoms with Crippen LogP contribution in [0.2, 0.25) is 0 Å². The highest BCUT2D eigenvalue weighted by Crippen LogP contribution is 2.40. The highest BCUT2D eigenvalue weighted by Gasteiger charge is 2.51. The van der Waals surface area contributed by atoms with E-state index >= 15 is 0 Å². The number of anilines is 2. The lowest BCUT2D eigenvalue weighted by molar-refractivity contribution is -0.140. The molecule has 3 rings (SSSR count). The zero-order valence-electron chi connectivity index (χ0n) is 15.2. The lowest BCUT2D eigenvalue weighted by atomic mass is 9.94. The Kier molecular flexibility index (Phi) is 4.70. The second kappa shape index (κ2) is 6.80. The SMILES string of the molecule is CCCNC(=O)[C@@]1(O)c2ccccc2NC(=O)N1c1ccc(C)c(C)c1. The average molecular weight is 353 g/mol. The number of hydrogen-bond donors (Lipinski definition) is 3. The third kappa shape index (κ3) is 2.82. The zero-order chi connectivity index (χ0) is 18.9. The second-order valence-electron chi connectivity index (χ2n) is 6.51. The number of rotatable bonds is 4. The molecule has 6 nitrogen and oxygen atoms in total. The molecule has 0 saturated carbocycles. The highest BCUT2D eigenvalue weighted by molar-refractivity contribution is 6.11. The molecule has 2 aromatic rings. The molecule has 0 radical (unpaired) electrons. The van der Waals surface area contributed by atoms with Crippen LogP contribution >= 0.6 is 0 Å². The van der Waals surface area contributed by atoms with E-state index in [9.17, 15) is 14.7 Å². The number of aryl methyl sites for hydroxylation is 2. The number of amides is 3. The average Bonchev–Trinajstić information content (AvgIpc) is 2.62. The molecule has 3 N–H and O–H groups in total. The summed E-state index contributed by atoms with van der Waals surface area (Å²) >= 11 is 0. The minimum atomic E-state index is -2.13. The Balaban J connectivity index is 2.18. The molecule has 1 heterocycles. The van der Waals surface area contributed by atoms with Gasteiger partial charge in [0.25, 0.3) is 11.6 Å². The van der Waals surface area contributed by atoms with Crippen LogP contribution in [0.1, 0.15) is 30.0 Å². The molecule has 0 spiro atoms. The van der Waals surface area contributed by atoms with E-state index in [2.05, 4.69) is 10.6 Å². The van der Waals surface area contributed by atoms with E-state index < -0.39 is 17.7 Å². The van der Waals surface area contributed by atoms with E-state index in [1.807, 2.05) is 26.8 Å². The molecular formula is C20H23N3O3. The fourth-order valence-corrected chi connectivity index (χ4v) is 3.09. The van der Waals surface area contributed by atoms with Gasteiger partial charge in [0.2, 0.25) is 0 Å². The Bertz CT molecular complexity index is 865. The summed E-state index contributed by atoms with van der Waals surface area (Å²) in [6, 6.07) is 11.6. The smallest absolute Gasteiger partial charge is 0.329 e. The number of para-hydroxylation sites is 1. The van der Waals surface area contributed by atoms with Crippen molar-refractivity contribution in [2.45, 2.75) is 32.9 Å². The molecule has 1 aliphatic heterocycles. The van der Waals surface area contributed by atoms with Gasteiger partial charge in [-0.1, -0.05) is 31.2 Å². The normalized spacial score (nSPS) is 18.9. The molecular weight excluding hydrogens is 330 g/mol. The highest BCUT2D eigenvalue weighted by atomic mass is 16.3. The number of nitrogens with zero attached hydrogens (tertiary/aromatic N) is 1. The fourth-order valence-electron chi connectivity index (χ4n) is 3.09. The van der Waals surface area contributed by atoms with Crippen molar-refractivity contribution in [2.24, 2.45) is 0 Å². The first-order valence-electron chi connectivity index (χ1n) is 8.68. The standard InChI is InChI=1S/C20H23N3O3/c1-4-11-21-18(24)20(26)16-7-5-6-8-17(16)22-19(25)23(20)15-10-9-13(2)14(3)12-15/h5-10,12,26H,4,11H2,1-3H3,(H,21,24)(H,22,25)/t20-/m0/s1. The van der Waals surface area contributed by atoms with Gasteiger partial charge in [0.05, 0.1) is 5.69 Å². The van der Waals surface area contributed by atoms with Gasteiger partial charge in [-0.3, -0.25) is 9.69 Å². The lowest BCUT2D eigenvalue weighted by Gasteiger charge is -2.42. The summed E-state index contributed by atoms with van der Waals surface area (Å²) in [6.07, 6.45) is 0.722. The molecule has 3 amide bonds. The van der Waals surface area contributed by atoms with Crippen molar-refractivity contribution in [1.29, 1.82) is 0 Å². The topological polar surface area (TPSA) is 81.7 Å². The van der Waals surface area contributed by atoms with Crippen LogP contribution in [0, 0.1) is 13.8 Å². The Labute approximate surface area is 152 Å². The van der Waals surface area contributed by atoms with E-state index in [0.29, 0.717) is 23.5 Å². The number of fused-ring (bicyclic) bond motifs is 1. The molecule has 0 bridgehead atoms. The van der Waals surface area contributed by atoms with Crippen molar-refractivity contribution in [3.05, 3.63) is 59.2 Å². The Morgan fingerprint density at radius 1 is 1.19 bits per heavy atom. The Hall–Kier alpha value is -2.86. The Morgan fingerprint density at radius 3 is 2.62 bits per heavy atom. The lowest BCUT2D eigenvalue weighted by Crippen LogP contribution is -2.62. The second-order valence-corrected chi connectivity index (χ2v) is 6.51. The van der Waals surface area contributed by atoms with Crippen LogP contribution in [0.15, 0.2) is 42.5 Å². The molecule has 0 aliphatic carbocycles. The first-order valence-corrected chi connectivity index (χ1v) is 8.68. The van der Waals surface area contributed by atoms with E-state index in [4.69, 9.17) is 0 Å². The van der Waals surface area contributed by atoms with Gasteiger partial charge < -0.3 is 15.7 Å². The van der Waals surface area contributed by atoms with Gasteiger partial charge in [-0.25, -0.2) is 4.79 Å². The molecule has 2 aromatic carbocycles. The van der Waals surface area contributed by atoms with Crippen molar-refractivity contribution in [3.63, 3.8) is 0 Å². The molecule has 6 heteroatoms. The van der Waals surface area contributed by atoms with Gasteiger partial charge >= 0.3 is 6.03 Å². The first-order chi connectivity index (χ1) is 12.4. The van der Waals surface area contributed by atoms with Gasteiger partial charge in [0, 0.05) is 17.8 Å². The molecule has 1 aliphatic rings. The van der Waals surface area contributed by atoms with E-state index in [1.165, 1.54) is 0 Å². The predicted molar refractivity (Wildman–Crippen MR) is 101 cm³/mol. The fraction of sp³-hybridized carbons (Fsp3) is 0.300. The van der Waals surface area contributed by atoms with E-state index in [0.717, 1.165) is 22.4 Å². The van der Waals surface area contributed by atoms with Crippen LogP contribution in [-0.2, 0) is 10.5 Å². The molecule has 0 unspecified atom stereocenters. The van der Waals surface area contributed by atoms with Crippen LogP contribution in [-0.4, -0.2) is 23.6 Å².